The lowest BCUT2D eigenvalue weighted by Gasteiger charge is -2.14. The van der Waals surface area contributed by atoms with Crippen molar-refractivity contribution in [2.75, 3.05) is 13.2 Å². The molecule has 3 rings (SSSR count). The van der Waals surface area contributed by atoms with Gasteiger partial charge in [0.05, 0.1) is 18.0 Å². The Bertz CT molecular complexity index is 1050. The Labute approximate surface area is 164 Å². The van der Waals surface area contributed by atoms with Crippen molar-refractivity contribution in [2.24, 2.45) is 0 Å². The number of nitrogens with zero attached hydrogens (tertiary/aromatic N) is 2. The number of carbonyl (C=O) groups excluding carboxylic acids is 1. The second kappa shape index (κ2) is 8.25. The molecule has 28 heavy (non-hydrogen) atoms. The Hall–Kier alpha value is -3.15. The van der Waals surface area contributed by atoms with Crippen LogP contribution in [0, 0.1) is 13.8 Å². The second-order valence-corrected chi connectivity index (χ2v) is 7.06. The number of benzene rings is 2. The molecule has 0 radical (unpaired) electrons. The smallest absolute Gasteiger partial charge is 0.274 e. The van der Waals surface area contributed by atoms with E-state index >= 15 is 0 Å². The van der Waals surface area contributed by atoms with Crippen molar-refractivity contribution in [3.63, 3.8) is 0 Å². The van der Waals surface area contributed by atoms with Gasteiger partial charge in [0, 0.05) is 5.39 Å². The highest BCUT2D eigenvalue weighted by Gasteiger charge is 2.17. The average molecular weight is 379 g/mol. The summed E-state index contributed by atoms with van der Waals surface area (Å²) in [7, 11) is 0. The highest BCUT2D eigenvalue weighted by atomic mass is 16.5. The van der Waals surface area contributed by atoms with Gasteiger partial charge in [0.2, 0.25) is 0 Å². The first-order valence-corrected chi connectivity index (χ1v) is 9.39. The zero-order valence-corrected chi connectivity index (χ0v) is 16.7. The van der Waals surface area contributed by atoms with E-state index in [-0.39, 0.29) is 23.2 Å². The van der Waals surface area contributed by atoms with Gasteiger partial charge >= 0.3 is 0 Å². The molecule has 0 unspecified atom stereocenters. The van der Waals surface area contributed by atoms with E-state index in [0.29, 0.717) is 23.9 Å². The maximum atomic E-state index is 12.7. The summed E-state index contributed by atoms with van der Waals surface area (Å²) in [6.07, 6.45) is 0. The highest BCUT2D eigenvalue weighted by Crippen LogP contribution is 2.22. The fourth-order valence-electron chi connectivity index (χ4n) is 3.15. The number of ether oxygens (including phenoxy) is 1. The van der Waals surface area contributed by atoms with Crippen LogP contribution in [-0.2, 0) is 0 Å². The number of amides is 1. The van der Waals surface area contributed by atoms with Crippen molar-refractivity contribution in [3.05, 3.63) is 69.6 Å². The van der Waals surface area contributed by atoms with Crippen LogP contribution >= 0.6 is 0 Å². The van der Waals surface area contributed by atoms with Crippen LogP contribution in [0.4, 0.5) is 0 Å². The highest BCUT2D eigenvalue weighted by molar-refractivity contribution is 6.04. The fourth-order valence-corrected chi connectivity index (χ4v) is 3.15. The molecule has 0 aliphatic carbocycles. The number of aromatic nitrogens is 2. The lowest BCUT2D eigenvalue weighted by atomic mass is 10.1. The SMILES string of the molecule is Cc1cccc(C)c1OCCNC(=O)c1nn(C(C)C)c(=O)c2ccccc12. The standard InChI is InChI=1S/C22H25N3O3/c1-14(2)25-22(27)18-11-6-5-10-17(18)19(24-25)21(26)23-12-13-28-20-15(3)8-7-9-16(20)4/h5-11,14H,12-13H2,1-4H3,(H,23,26). The molecule has 1 amide bonds. The Balaban J connectivity index is 1.77. The van der Waals surface area contributed by atoms with Crippen LogP contribution in [0.25, 0.3) is 10.8 Å². The third-order valence-electron chi connectivity index (χ3n) is 4.58. The van der Waals surface area contributed by atoms with Crippen LogP contribution in [0.15, 0.2) is 47.3 Å². The van der Waals surface area contributed by atoms with Crippen molar-refractivity contribution in [1.82, 2.24) is 15.1 Å². The molecule has 0 fully saturated rings. The number of carbonyl (C=O) groups is 1. The van der Waals surface area contributed by atoms with E-state index in [9.17, 15) is 9.59 Å². The molecule has 3 aromatic rings. The van der Waals surface area contributed by atoms with E-state index < -0.39 is 0 Å². The van der Waals surface area contributed by atoms with Crippen LogP contribution in [0.5, 0.6) is 5.75 Å². The topological polar surface area (TPSA) is 73.2 Å². The number of para-hydroxylation sites is 1. The minimum atomic E-state index is -0.323. The van der Waals surface area contributed by atoms with E-state index in [1.807, 2.05) is 45.9 Å². The third-order valence-corrected chi connectivity index (χ3v) is 4.58. The normalized spacial score (nSPS) is 11.0. The van der Waals surface area contributed by atoms with Gasteiger partial charge in [0.25, 0.3) is 11.5 Å². The summed E-state index contributed by atoms with van der Waals surface area (Å²) in [5.74, 6) is 0.518. The molecule has 1 heterocycles. The minimum absolute atomic E-state index is 0.143. The number of hydrogen-bond acceptors (Lipinski definition) is 4. The first-order chi connectivity index (χ1) is 13.4. The summed E-state index contributed by atoms with van der Waals surface area (Å²) in [6.45, 7) is 8.40. The van der Waals surface area contributed by atoms with Crippen molar-refractivity contribution in [2.45, 2.75) is 33.7 Å². The van der Waals surface area contributed by atoms with Gasteiger partial charge in [-0.3, -0.25) is 9.59 Å². The van der Waals surface area contributed by atoms with Crippen LogP contribution in [0.1, 0.15) is 41.5 Å². The molecular formula is C22H25N3O3. The van der Waals surface area contributed by atoms with Crippen molar-refractivity contribution < 1.29 is 9.53 Å². The van der Waals surface area contributed by atoms with Crippen molar-refractivity contribution in [1.29, 1.82) is 0 Å². The van der Waals surface area contributed by atoms with Gasteiger partial charge < -0.3 is 10.1 Å². The molecule has 0 bridgehead atoms. The summed E-state index contributed by atoms with van der Waals surface area (Å²) in [5.41, 5.74) is 2.17. The van der Waals surface area contributed by atoms with E-state index in [4.69, 9.17) is 4.74 Å². The van der Waals surface area contributed by atoms with Crippen LogP contribution in [0.3, 0.4) is 0 Å². The summed E-state index contributed by atoms with van der Waals surface area (Å²) < 4.78 is 7.18. The van der Waals surface area contributed by atoms with Crippen molar-refractivity contribution >= 4 is 16.7 Å². The number of nitrogens with one attached hydrogen (secondary N) is 1. The maximum Gasteiger partial charge on any atom is 0.274 e. The van der Waals surface area contributed by atoms with Gasteiger partial charge in [-0.1, -0.05) is 36.4 Å². The number of aryl methyl sites for hydroxylation is 2. The fraction of sp³-hybridized carbons (Fsp3) is 0.318. The van der Waals surface area contributed by atoms with Crippen LogP contribution in [-0.4, -0.2) is 28.8 Å². The Morgan fingerprint density at radius 1 is 1.07 bits per heavy atom. The summed E-state index contributed by atoms with van der Waals surface area (Å²) in [4.78, 5) is 25.3. The molecule has 0 saturated carbocycles. The van der Waals surface area contributed by atoms with Gasteiger partial charge in [0.1, 0.15) is 12.4 Å². The lowest BCUT2D eigenvalue weighted by molar-refractivity contribution is 0.0941. The first-order valence-electron chi connectivity index (χ1n) is 9.39. The van der Waals surface area contributed by atoms with E-state index in [1.54, 1.807) is 24.3 Å². The van der Waals surface area contributed by atoms with Gasteiger partial charge in [-0.05, 0) is 44.9 Å². The number of hydrogen-bond donors (Lipinski definition) is 1. The van der Waals surface area contributed by atoms with Gasteiger partial charge in [-0.25, -0.2) is 4.68 Å². The summed E-state index contributed by atoms with van der Waals surface area (Å²) >= 11 is 0. The Morgan fingerprint density at radius 3 is 2.36 bits per heavy atom. The zero-order valence-electron chi connectivity index (χ0n) is 16.7. The van der Waals surface area contributed by atoms with Crippen LogP contribution in [0.2, 0.25) is 0 Å². The Morgan fingerprint density at radius 2 is 1.71 bits per heavy atom. The Kier molecular flexibility index (Phi) is 5.78. The average Bonchev–Trinajstić information content (AvgIpc) is 2.67. The molecule has 0 aliphatic heterocycles. The number of fused-ring (bicyclic) bond motifs is 1. The zero-order chi connectivity index (χ0) is 20.3. The van der Waals surface area contributed by atoms with Gasteiger partial charge in [-0.15, -0.1) is 0 Å². The van der Waals surface area contributed by atoms with Gasteiger partial charge in [0.15, 0.2) is 5.69 Å². The largest absolute Gasteiger partial charge is 0.491 e. The van der Waals surface area contributed by atoms with E-state index in [2.05, 4.69) is 10.4 Å². The summed E-state index contributed by atoms with van der Waals surface area (Å²) in [6, 6.07) is 12.9. The second-order valence-electron chi connectivity index (χ2n) is 7.06. The molecule has 0 saturated heterocycles. The molecule has 0 spiro atoms. The first kappa shape index (κ1) is 19.6. The lowest BCUT2D eigenvalue weighted by Crippen LogP contribution is -2.33. The number of rotatable bonds is 6. The van der Waals surface area contributed by atoms with Gasteiger partial charge in [-0.2, -0.15) is 5.10 Å². The maximum absolute atomic E-state index is 12.7. The predicted molar refractivity (Wildman–Crippen MR) is 110 cm³/mol. The predicted octanol–water partition coefficient (Wildman–Crippen LogP) is 3.40. The van der Waals surface area contributed by atoms with E-state index in [0.717, 1.165) is 16.9 Å². The molecule has 146 valence electrons. The molecule has 1 N–H and O–H groups in total. The van der Waals surface area contributed by atoms with Crippen molar-refractivity contribution in [3.8, 4) is 5.75 Å². The minimum Gasteiger partial charge on any atom is -0.491 e. The third kappa shape index (κ3) is 3.91. The molecule has 6 heteroatoms. The molecular weight excluding hydrogens is 354 g/mol. The quantitative estimate of drug-likeness (QED) is 0.666. The molecule has 2 aromatic carbocycles. The van der Waals surface area contributed by atoms with Crippen LogP contribution < -0.4 is 15.6 Å². The molecule has 0 atom stereocenters. The molecule has 6 nitrogen and oxygen atoms in total. The summed E-state index contributed by atoms with van der Waals surface area (Å²) in [5, 5.41) is 8.20. The molecule has 1 aromatic heterocycles. The monoisotopic (exact) mass is 379 g/mol. The van der Waals surface area contributed by atoms with E-state index in [1.165, 1.54) is 4.68 Å². The molecule has 0 aliphatic rings.